The summed E-state index contributed by atoms with van der Waals surface area (Å²) in [6.07, 6.45) is 9.10. The Labute approximate surface area is 178 Å². The number of nitrogens with zero attached hydrogens (tertiary/aromatic N) is 3. The molecule has 0 amide bonds. The molecule has 0 atom stereocenters. The Morgan fingerprint density at radius 3 is 2.30 bits per heavy atom. The summed E-state index contributed by atoms with van der Waals surface area (Å²) in [5, 5.41) is 8.16. The van der Waals surface area contributed by atoms with Crippen molar-refractivity contribution in [2.24, 2.45) is 0 Å². The molecule has 3 aromatic rings. The molecule has 2 aliphatic rings. The summed E-state index contributed by atoms with van der Waals surface area (Å²) < 4.78 is 0. The molecule has 2 N–H and O–H groups in total. The SMILES string of the molecule is c1ccc(Nc2nc(NC3CCC(N4CCCCC4)CC3)nc3ccccc23)cc1. The lowest BCUT2D eigenvalue weighted by molar-refractivity contribution is 0.127. The standard InChI is InChI=1S/C25H31N5/c1-3-9-19(10-4-1)26-24-22-11-5-6-12-23(22)28-25(29-24)27-20-13-15-21(16-14-20)30-17-7-2-8-18-30/h1,3-6,9-12,20-21H,2,7-8,13-18H2,(H2,26,27,28,29). The van der Waals surface area contributed by atoms with Crippen molar-refractivity contribution in [2.75, 3.05) is 23.7 Å². The highest BCUT2D eigenvalue weighted by Gasteiger charge is 2.27. The number of anilines is 3. The highest BCUT2D eigenvalue weighted by Crippen LogP contribution is 2.29. The third-order valence-corrected chi connectivity index (χ3v) is 6.58. The quantitative estimate of drug-likeness (QED) is 0.584. The van der Waals surface area contributed by atoms with E-state index >= 15 is 0 Å². The molecule has 0 radical (unpaired) electrons. The predicted molar refractivity (Wildman–Crippen MR) is 124 cm³/mol. The number of benzene rings is 2. The van der Waals surface area contributed by atoms with Gasteiger partial charge in [-0.05, 0) is 75.9 Å². The summed E-state index contributed by atoms with van der Waals surface area (Å²) in [5.41, 5.74) is 2.00. The Bertz CT molecular complexity index is 960. The fourth-order valence-corrected chi connectivity index (χ4v) is 4.95. The van der Waals surface area contributed by atoms with Crippen LogP contribution in [-0.2, 0) is 0 Å². The van der Waals surface area contributed by atoms with Gasteiger partial charge in [-0.3, -0.25) is 0 Å². The molecule has 1 saturated heterocycles. The van der Waals surface area contributed by atoms with E-state index in [2.05, 4.69) is 39.8 Å². The molecule has 5 rings (SSSR count). The van der Waals surface area contributed by atoms with Crippen LogP contribution in [0.3, 0.4) is 0 Å². The fourth-order valence-electron chi connectivity index (χ4n) is 4.95. The molecule has 5 heteroatoms. The molecule has 30 heavy (non-hydrogen) atoms. The molecular weight excluding hydrogens is 370 g/mol. The fraction of sp³-hybridized carbons (Fsp3) is 0.440. The largest absolute Gasteiger partial charge is 0.351 e. The smallest absolute Gasteiger partial charge is 0.225 e. The lowest BCUT2D eigenvalue weighted by Crippen LogP contribution is -2.43. The second-order valence-corrected chi connectivity index (χ2v) is 8.65. The van der Waals surface area contributed by atoms with Crippen LogP contribution in [0.25, 0.3) is 10.9 Å². The van der Waals surface area contributed by atoms with Crippen LogP contribution < -0.4 is 10.6 Å². The van der Waals surface area contributed by atoms with Gasteiger partial charge in [-0.25, -0.2) is 4.98 Å². The minimum atomic E-state index is 0.455. The number of fused-ring (bicyclic) bond motifs is 1. The van der Waals surface area contributed by atoms with Gasteiger partial charge in [0, 0.05) is 23.2 Å². The highest BCUT2D eigenvalue weighted by atomic mass is 15.2. The summed E-state index contributed by atoms with van der Waals surface area (Å²) >= 11 is 0. The van der Waals surface area contributed by atoms with E-state index in [0.29, 0.717) is 6.04 Å². The predicted octanol–water partition coefficient (Wildman–Crippen LogP) is 5.58. The Balaban J connectivity index is 1.30. The van der Waals surface area contributed by atoms with Crippen LogP contribution in [0.15, 0.2) is 54.6 Å². The van der Waals surface area contributed by atoms with Crippen molar-refractivity contribution in [2.45, 2.75) is 57.0 Å². The second-order valence-electron chi connectivity index (χ2n) is 8.65. The van der Waals surface area contributed by atoms with E-state index in [4.69, 9.17) is 9.97 Å². The molecule has 2 heterocycles. The van der Waals surface area contributed by atoms with E-state index in [-0.39, 0.29) is 0 Å². The van der Waals surface area contributed by atoms with Gasteiger partial charge in [-0.15, -0.1) is 0 Å². The van der Waals surface area contributed by atoms with Crippen LogP contribution >= 0.6 is 0 Å². The first-order chi connectivity index (χ1) is 14.8. The van der Waals surface area contributed by atoms with Gasteiger partial charge in [0.05, 0.1) is 5.52 Å². The van der Waals surface area contributed by atoms with Crippen LogP contribution in [0.2, 0.25) is 0 Å². The van der Waals surface area contributed by atoms with Crippen molar-refractivity contribution in [1.29, 1.82) is 0 Å². The summed E-state index contributed by atoms with van der Waals surface area (Å²) in [4.78, 5) is 12.4. The van der Waals surface area contributed by atoms with E-state index in [1.165, 1.54) is 58.0 Å². The number of rotatable bonds is 5. The number of para-hydroxylation sites is 2. The number of hydrogen-bond acceptors (Lipinski definition) is 5. The van der Waals surface area contributed by atoms with E-state index < -0.39 is 0 Å². The number of likely N-dealkylation sites (tertiary alicyclic amines) is 1. The van der Waals surface area contributed by atoms with Gasteiger partial charge in [0.25, 0.3) is 0 Å². The summed E-state index contributed by atoms with van der Waals surface area (Å²) in [6.45, 7) is 2.59. The zero-order chi connectivity index (χ0) is 20.2. The zero-order valence-corrected chi connectivity index (χ0v) is 17.6. The summed E-state index contributed by atoms with van der Waals surface area (Å²) in [6, 6.07) is 19.7. The molecule has 5 nitrogen and oxygen atoms in total. The lowest BCUT2D eigenvalue weighted by atomic mass is 9.89. The highest BCUT2D eigenvalue weighted by molar-refractivity contribution is 5.91. The number of hydrogen-bond donors (Lipinski definition) is 2. The maximum absolute atomic E-state index is 4.86. The van der Waals surface area contributed by atoms with Gasteiger partial charge >= 0.3 is 0 Å². The van der Waals surface area contributed by atoms with Gasteiger partial charge in [-0.2, -0.15) is 4.98 Å². The molecule has 156 valence electrons. The maximum Gasteiger partial charge on any atom is 0.225 e. The number of aromatic nitrogens is 2. The Morgan fingerprint density at radius 2 is 1.50 bits per heavy atom. The maximum atomic E-state index is 4.86. The first-order valence-corrected chi connectivity index (χ1v) is 11.4. The molecule has 0 spiro atoms. The van der Waals surface area contributed by atoms with E-state index in [1.807, 2.05) is 30.3 Å². The van der Waals surface area contributed by atoms with Crippen LogP contribution in [-0.4, -0.2) is 40.0 Å². The van der Waals surface area contributed by atoms with Gasteiger partial charge < -0.3 is 15.5 Å². The van der Waals surface area contributed by atoms with E-state index in [9.17, 15) is 0 Å². The van der Waals surface area contributed by atoms with Gasteiger partial charge in [0.2, 0.25) is 5.95 Å². The summed E-state index contributed by atoms with van der Waals surface area (Å²) in [7, 11) is 0. The van der Waals surface area contributed by atoms with Crippen LogP contribution in [0.5, 0.6) is 0 Å². The van der Waals surface area contributed by atoms with E-state index in [0.717, 1.165) is 34.4 Å². The van der Waals surface area contributed by atoms with Gasteiger partial charge in [-0.1, -0.05) is 36.8 Å². The van der Waals surface area contributed by atoms with Crippen LogP contribution in [0, 0.1) is 0 Å². The van der Waals surface area contributed by atoms with Gasteiger partial charge in [0.15, 0.2) is 0 Å². The summed E-state index contributed by atoms with van der Waals surface area (Å²) in [5.74, 6) is 1.59. The number of nitrogens with one attached hydrogen (secondary N) is 2. The van der Waals surface area contributed by atoms with Crippen molar-refractivity contribution in [3.8, 4) is 0 Å². The van der Waals surface area contributed by atoms with Crippen molar-refractivity contribution in [3.05, 3.63) is 54.6 Å². The van der Waals surface area contributed by atoms with E-state index in [1.54, 1.807) is 0 Å². The van der Waals surface area contributed by atoms with Crippen molar-refractivity contribution >= 4 is 28.4 Å². The van der Waals surface area contributed by atoms with Crippen molar-refractivity contribution < 1.29 is 0 Å². The molecule has 1 aliphatic heterocycles. The second kappa shape index (κ2) is 9.00. The minimum absolute atomic E-state index is 0.455. The monoisotopic (exact) mass is 401 g/mol. The zero-order valence-electron chi connectivity index (χ0n) is 17.6. The molecule has 1 saturated carbocycles. The average Bonchev–Trinajstić information content (AvgIpc) is 2.81. The first-order valence-electron chi connectivity index (χ1n) is 11.4. The topological polar surface area (TPSA) is 53.1 Å². The number of piperidine rings is 1. The van der Waals surface area contributed by atoms with Crippen LogP contribution in [0.1, 0.15) is 44.9 Å². The third-order valence-electron chi connectivity index (χ3n) is 6.58. The van der Waals surface area contributed by atoms with Gasteiger partial charge in [0.1, 0.15) is 5.82 Å². The Kier molecular flexibility index (Phi) is 5.80. The Morgan fingerprint density at radius 1 is 0.767 bits per heavy atom. The third kappa shape index (κ3) is 4.41. The van der Waals surface area contributed by atoms with Crippen LogP contribution in [0.4, 0.5) is 17.5 Å². The Hall–Kier alpha value is -2.66. The normalized spacial score (nSPS) is 22.7. The molecule has 1 aliphatic carbocycles. The minimum Gasteiger partial charge on any atom is -0.351 e. The molecule has 1 aromatic heterocycles. The molecule has 2 aromatic carbocycles. The molecular formula is C25H31N5. The molecule has 2 fully saturated rings. The lowest BCUT2D eigenvalue weighted by Gasteiger charge is -2.39. The first kappa shape index (κ1) is 19.3. The van der Waals surface area contributed by atoms with Crippen molar-refractivity contribution in [1.82, 2.24) is 14.9 Å². The van der Waals surface area contributed by atoms with Crippen molar-refractivity contribution in [3.63, 3.8) is 0 Å². The molecule has 0 unspecified atom stereocenters. The molecule has 0 bridgehead atoms. The average molecular weight is 402 g/mol.